The van der Waals surface area contributed by atoms with E-state index in [1.807, 2.05) is 0 Å². The molecule has 0 fully saturated rings. The van der Waals surface area contributed by atoms with E-state index in [1.165, 1.54) is 12.4 Å². The van der Waals surface area contributed by atoms with Crippen molar-refractivity contribution < 1.29 is 9.21 Å². The van der Waals surface area contributed by atoms with Gasteiger partial charge >= 0.3 is 0 Å². The van der Waals surface area contributed by atoms with E-state index in [4.69, 9.17) is 10.3 Å². The zero-order chi connectivity index (χ0) is 13.8. The lowest BCUT2D eigenvalue weighted by atomic mass is 10.3. The van der Waals surface area contributed by atoms with E-state index in [2.05, 4.69) is 25.7 Å². The number of oxazole rings is 1. The maximum atomic E-state index is 12.0. The molecule has 0 aliphatic rings. The Bertz CT molecular complexity index is 582. The topological polar surface area (TPSA) is 119 Å². The zero-order valence-electron chi connectivity index (χ0n) is 10.5. The number of carbonyl (C=O) groups is 1. The van der Waals surface area contributed by atoms with Gasteiger partial charge in [-0.25, -0.2) is 15.8 Å². The smallest absolute Gasteiger partial charge is 0.272 e. The molecule has 0 radical (unpaired) electrons. The third-order valence-corrected chi connectivity index (χ3v) is 2.37. The first-order valence-corrected chi connectivity index (χ1v) is 5.62. The molecule has 1 amide bonds. The van der Waals surface area contributed by atoms with Gasteiger partial charge in [-0.2, -0.15) is 0 Å². The number of rotatable bonds is 4. The molecule has 2 heterocycles. The number of aryl methyl sites for hydroxylation is 1. The van der Waals surface area contributed by atoms with Crippen molar-refractivity contribution in [3.8, 4) is 0 Å². The molecule has 8 heteroatoms. The molecule has 8 nitrogen and oxygen atoms in total. The maximum Gasteiger partial charge on any atom is 0.272 e. The molecule has 2 aromatic heterocycles. The Labute approximate surface area is 109 Å². The molecule has 0 aliphatic carbocycles. The van der Waals surface area contributed by atoms with Gasteiger partial charge in [0, 0.05) is 0 Å². The van der Waals surface area contributed by atoms with Crippen LogP contribution in [0.4, 0.5) is 5.82 Å². The van der Waals surface area contributed by atoms with Crippen LogP contribution in [0.5, 0.6) is 0 Å². The highest BCUT2D eigenvalue weighted by atomic mass is 16.4. The quantitative estimate of drug-likeness (QED) is 0.543. The summed E-state index contributed by atoms with van der Waals surface area (Å²) >= 11 is 0. The molecule has 19 heavy (non-hydrogen) atoms. The highest BCUT2D eigenvalue weighted by Gasteiger charge is 2.16. The predicted molar refractivity (Wildman–Crippen MR) is 67.0 cm³/mol. The van der Waals surface area contributed by atoms with Gasteiger partial charge in [-0.05, 0) is 13.8 Å². The van der Waals surface area contributed by atoms with E-state index in [0.29, 0.717) is 17.5 Å². The van der Waals surface area contributed by atoms with Gasteiger partial charge in [0.25, 0.3) is 5.91 Å². The lowest BCUT2D eigenvalue weighted by Crippen LogP contribution is -2.28. The van der Waals surface area contributed by atoms with Crippen LogP contribution in [0, 0.1) is 6.92 Å². The third-order valence-electron chi connectivity index (χ3n) is 2.37. The van der Waals surface area contributed by atoms with Crippen LogP contribution >= 0.6 is 0 Å². The summed E-state index contributed by atoms with van der Waals surface area (Å²) in [5, 5.41) is 2.71. The minimum Gasteiger partial charge on any atom is -0.444 e. The van der Waals surface area contributed by atoms with Crippen LogP contribution in [-0.2, 0) is 0 Å². The van der Waals surface area contributed by atoms with Crippen LogP contribution in [0.1, 0.15) is 35.1 Å². The van der Waals surface area contributed by atoms with Crippen molar-refractivity contribution in [3.63, 3.8) is 0 Å². The fourth-order valence-electron chi connectivity index (χ4n) is 1.45. The molecule has 4 N–H and O–H groups in total. The highest BCUT2D eigenvalue weighted by molar-refractivity contribution is 5.92. The van der Waals surface area contributed by atoms with Gasteiger partial charge in [0.1, 0.15) is 17.5 Å². The molecule has 0 spiro atoms. The van der Waals surface area contributed by atoms with Gasteiger partial charge in [-0.1, -0.05) is 0 Å². The van der Waals surface area contributed by atoms with E-state index >= 15 is 0 Å². The maximum absolute atomic E-state index is 12.0. The van der Waals surface area contributed by atoms with Crippen molar-refractivity contribution in [1.29, 1.82) is 0 Å². The lowest BCUT2D eigenvalue weighted by Gasteiger charge is -2.10. The average molecular weight is 262 g/mol. The van der Waals surface area contributed by atoms with Gasteiger partial charge in [-0.3, -0.25) is 9.78 Å². The summed E-state index contributed by atoms with van der Waals surface area (Å²) in [6.07, 6.45) is 4.36. The van der Waals surface area contributed by atoms with E-state index in [1.54, 1.807) is 20.0 Å². The number of nitrogens with zero attached hydrogens (tertiary/aromatic N) is 3. The summed E-state index contributed by atoms with van der Waals surface area (Å²) in [7, 11) is 0. The summed E-state index contributed by atoms with van der Waals surface area (Å²) in [5.74, 6) is 6.26. The van der Waals surface area contributed by atoms with Crippen LogP contribution < -0.4 is 16.6 Å². The number of nitrogens with one attached hydrogen (secondary N) is 2. The first-order valence-electron chi connectivity index (χ1n) is 5.62. The zero-order valence-corrected chi connectivity index (χ0v) is 10.5. The van der Waals surface area contributed by atoms with Crippen LogP contribution in [0.15, 0.2) is 23.0 Å². The number of anilines is 1. The van der Waals surface area contributed by atoms with Crippen LogP contribution in [0.3, 0.4) is 0 Å². The molecule has 0 bridgehead atoms. The molecule has 2 rings (SSSR count). The molecule has 0 aromatic carbocycles. The van der Waals surface area contributed by atoms with Crippen LogP contribution in [0.2, 0.25) is 0 Å². The molecular formula is C11H14N6O2. The Morgan fingerprint density at radius 2 is 2.21 bits per heavy atom. The molecule has 2 aromatic rings. The van der Waals surface area contributed by atoms with Gasteiger partial charge in [0.15, 0.2) is 5.82 Å². The normalized spacial score (nSPS) is 11.9. The summed E-state index contributed by atoms with van der Waals surface area (Å²) in [6, 6.07) is -0.363. The first kappa shape index (κ1) is 13.0. The Balaban J connectivity index is 2.08. The van der Waals surface area contributed by atoms with E-state index in [-0.39, 0.29) is 17.6 Å². The van der Waals surface area contributed by atoms with Crippen molar-refractivity contribution in [2.75, 3.05) is 5.43 Å². The lowest BCUT2D eigenvalue weighted by molar-refractivity contribution is 0.0928. The van der Waals surface area contributed by atoms with E-state index < -0.39 is 0 Å². The number of amides is 1. The Morgan fingerprint density at radius 3 is 2.84 bits per heavy atom. The Hall–Kier alpha value is -2.48. The number of hydrazine groups is 1. The summed E-state index contributed by atoms with van der Waals surface area (Å²) in [6.45, 7) is 3.55. The molecule has 0 aliphatic heterocycles. The predicted octanol–water partition coefficient (Wildman–Crippen LogP) is 0.550. The second kappa shape index (κ2) is 5.44. The number of nitrogens with two attached hydrogens (primary N) is 1. The molecule has 1 atom stereocenters. The van der Waals surface area contributed by atoms with Crippen LogP contribution in [-0.4, -0.2) is 20.9 Å². The third kappa shape index (κ3) is 3.05. The minimum absolute atomic E-state index is 0.158. The SMILES string of the molecule is Cc1cnc(C(C)NC(=O)c2cncc(NN)n2)o1. The van der Waals surface area contributed by atoms with Crippen molar-refractivity contribution in [1.82, 2.24) is 20.3 Å². The monoisotopic (exact) mass is 262 g/mol. The van der Waals surface area contributed by atoms with Crippen molar-refractivity contribution in [2.45, 2.75) is 19.9 Å². The Morgan fingerprint density at radius 1 is 1.42 bits per heavy atom. The van der Waals surface area contributed by atoms with Gasteiger partial charge < -0.3 is 15.2 Å². The Kier molecular flexibility index (Phi) is 3.71. The number of hydrogen-bond donors (Lipinski definition) is 3. The molecule has 100 valence electrons. The number of hydrogen-bond acceptors (Lipinski definition) is 7. The van der Waals surface area contributed by atoms with E-state index in [0.717, 1.165) is 0 Å². The molecule has 0 saturated carbocycles. The van der Waals surface area contributed by atoms with E-state index in [9.17, 15) is 4.79 Å². The van der Waals surface area contributed by atoms with Crippen molar-refractivity contribution >= 4 is 11.7 Å². The van der Waals surface area contributed by atoms with Crippen molar-refractivity contribution in [2.24, 2.45) is 5.84 Å². The second-order valence-corrected chi connectivity index (χ2v) is 3.94. The first-order chi connectivity index (χ1) is 9.10. The van der Waals surface area contributed by atoms with Crippen molar-refractivity contribution in [3.05, 3.63) is 35.9 Å². The summed E-state index contributed by atoms with van der Waals surface area (Å²) in [4.78, 5) is 23.8. The summed E-state index contributed by atoms with van der Waals surface area (Å²) in [5.41, 5.74) is 2.48. The summed E-state index contributed by atoms with van der Waals surface area (Å²) < 4.78 is 5.33. The minimum atomic E-state index is -0.382. The van der Waals surface area contributed by atoms with Crippen LogP contribution in [0.25, 0.3) is 0 Å². The average Bonchev–Trinajstić information content (AvgIpc) is 2.85. The number of carbonyl (C=O) groups excluding carboxylic acids is 1. The molecule has 0 saturated heterocycles. The fraction of sp³-hybridized carbons (Fsp3) is 0.273. The van der Waals surface area contributed by atoms with Gasteiger partial charge in [-0.15, -0.1) is 0 Å². The second-order valence-electron chi connectivity index (χ2n) is 3.94. The number of nitrogen functional groups attached to an aromatic ring is 1. The number of aromatic nitrogens is 3. The molecular weight excluding hydrogens is 248 g/mol. The standard InChI is InChI=1S/C11H14N6O2/c1-6-3-14-11(19-6)7(2)15-10(18)8-4-13-5-9(16-8)17-12/h3-5,7H,12H2,1-2H3,(H,15,18)(H,16,17). The highest BCUT2D eigenvalue weighted by Crippen LogP contribution is 2.12. The molecule has 1 unspecified atom stereocenters. The van der Waals surface area contributed by atoms with Gasteiger partial charge in [0.2, 0.25) is 5.89 Å². The fourth-order valence-corrected chi connectivity index (χ4v) is 1.45. The largest absolute Gasteiger partial charge is 0.444 e. The van der Waals surface area contributed by atoms with Gasteiger partial charge in [0.05, 0.1) is 18.6 Å².